The summed E-state index contributed by atoms with van der Waals surface area (Å²) in [4.78, 5) is 13.5. The van der Waals surface area contributed by atoms with E-state index in [1.54, 1.807) is 4.90 Å². The molecule has 0 saturated heterocycles. The minimum absolute atomic E-state index is 0.168. The molecule has 4 rings (SSSR count). The van der Waals surface area contributed by atoms with Crippen LogP contribution < -0.4 is 10.6 Å². The second kappa shape index (κ2) is 3.83. The highest BCUT2D eigenvalue weighted by Gasteiger charge is 2.55. The Balaban J connectivity index is 1.60. The van der Waals surface area contributed by atoms with Crippen molar-refractivity contribution in [3.8, 4) is 0 Å². The van der Waals surface area contributed by atoms with Crippen molar-refractivity contribution in [2.75, 3.05) is 11.9 Å². The minimum Gasteiger partial charge on any atom is -0.324 e. The first-order valence-corrected chi connectivity index (χ1v) is 7.32. The molecule has 3 heteroatoms. The first-order valence-electron chi connectivity index (χ1n) is 7.32. The second-order valence-corrected chi connectivity index (χ2v) is 6.38. The summed E-state index contributed by atoms with van der Waals surface area (Å²) in [6.07, 6.45) is 4.66. The van der Waals surface area contributed by atoms with Crippen LogP contribution in [0.5, 0.6) is 0 Å². The number of nitrogens with two attached hydrogens (primary N) is 1. The fraction of sp³-hybridized carbons (Fsp3) is 0.562. The molecule has 1 amide bonds. The highest BCUT2D eigenvalue weighted by Crippen LogP contribution is 2.61. The zero-order valence-electron chi connectivity index (χ0n) is 11.3. The van der Waals surface area contributed by atoms with E-state index in [0.29, 0.717) is 12.3 Å². The first-order chi connectivity index (χ1) is 9.16. The quantitative estimate of drug-likeness (QED) is 0.882. The van der Waals surface area contributed by atoms with Crippen LogP contribution in [0.3, 0.4) is 0 Å². The van der Waals surface area contributed by atoms with Crippen LogP contribution in [-0.2, 0) is 11.2 Å². The van der Waals surface area contributed by atoms with Gasteiger partial charge in [-0.15, -0.1) is 0 Å². The van der Waals surface area contributed by atoms with E-state index in [1.807, 2.05) is 7.05 Å². The minimum atomic E-state index is 0.168. The van der Waals surface area contributed by atoms with Gasteiger partial charge in [0, 0.05) is 18.8 Å². The molecule has 0 aromatic heterocycles. The molecule has 2 fully saturated rings. The Morgan fingerprint density at radius 3 is 2.79 bits per heavy atom. The van der Waals surface area contributed by atoms with Crippen LogP contribution in [0.2, 0.25) is 0 Å². The second-order valence-electron chi connectivity index (χ2n) is 6.38. The van der Waals surface area contributed by atoms with Crippen LogP contribution in [0.25, 0.3) is 0 Å². The van der Waals surface area contributed by atoms with Crippen LogP contribution in [0.4, 0.5) is 5.69 Å². The summed E-state index contributed by atoms with van der Waals surface area (Å²) in [5.41, 5.74) is 9.88. The van der Waals surface area contributed by atoms with Crippen molar-refractivity contribution in [3.63, 3.8) is 0 Å². The average Bonchev–Trinajstić information content (AvgIpc) is 2.76. The standard InChI is InChI=1S/C16H20N2O/c1-18-13-6-5-9(7-10(13)8-14(18)19)16(17)15-11-3-2-4-12(11)15/h5-7,11-12,15-16H,2-4,8,17H2,1H3. The molecule has 1 aromatic carbocycles. The van der Waals surface area contributed by atoms with Crippen molar-refractivity contribution in [1.82, 2.24) is 0 Å². The lowest BCUT2D eigenvalue weighted by Gasteiger charge is -2.16. The number of fused-ring (bicyclic) bond motifs is 2. The highest BCUT2D eigenvalue weighted by atomic mass is 16.2. The molecule has 3 nitrogen and oxygen atoms in total. The molecule has 2 saturated carbocycles. The van der Waals surface area contributed by atoms with Crippen LogP contribution in [0.15, 0.2) is 18.2 Å². The van der Waals surface area contributed by atoms with Crippen molar-refractivity contribution in [2.24, 2.45) is 23.5 Å². The molecular formula is C16H20N2O. The van der Waals surface area contributed by atoms with E-state index in [2.05, 4.69) is 18.2 Å². The molecule has 3 unspecified atom stereocenters. The van der Waals surface area contributed by atoms with Gasteiger partial charge in [-0.2, -0.15) is 0 Å². The Morgan fingerprint density at radius 2 is 2.05 bits per heavy atom. The molecule has 2 N–H and O–H groups in total. The van der Waals surface area contributed by atoms with Gasteiger partial charge in [-0.05, 0) is 47.8 Å². The number of carbonyl (C=O) groups is 1. The summed E-state index contributed by atoms with van der Waals surface area (Å²) < 4.78 is 0. The highest BCUT2D eigenvalue weighted by molar-refractivity contribution is 6.00. The van der Waals surface area contributed by atoms with E-state index in [9.17, 15) is 4.79 Å². The summed E-state index contributed by atoms with van der Waals surface area (Å²) in [5, 5.41) is 0. The van der Waals surface area contributed by atoms with Gasteiger partial charge < -0.3 is 10.6 Å². The van der Waals surface area contributed by atoms with Crippen LogP contribution in [-0.4, -0.2) is 13.0 Å². The van der Waals surface area contributed by atoms with Gasteiger partial charge in [0.2, 0.25) is 5.91 Å². The van der Waals surface area contributed by atoms with Gasteiger partial charge in [-0.25, -0.2) is 0 Å². The number of benzene rings is 1. The number of hydrogen-bond donors (Lipinski definition) is 1. The molecule has 2 aliphatic carbocycles. The Labute approximate surface area is 113 Å². The molecule has 0 radical (unpaired) electrons. The summed E-state index contributed by atoms with van der Waals surface area (Å²) in [5.74, 6) is 2.64. The van der Waals surface area contributed by atoms with E-state index in [-0.39, 0.29) is 11.9 Å². The zero-order valence-corrected chi connectivity index (χ0v) is 11.3. The summed E-state index contributed by atoms with van der Waals surface area (Å²) in [6, 6.07) is 6.51. The fourth-order valence-electron chi connectivity index (χ4n) is 4.33. The van der Waals surface area contributed by atoms with E-state index in [0.717, 1.165) is 23.1 Å². The van der Waals surface area contributed by atoms with Crippen molar-refractivity contribution in [3.05, 3.63) is 29.3 Å². The number of nitrogens with zero attached hydrogens (tertiary/aromatic N) is 1. The van der Waals surface area contributed by atoms with Crippen molar-refractivity contribution in [2.45, 2.75) is 31.7 Å². The number of carbonyl (C=O) groups excluding carboxylic acids is 1. The van der Waals surface area contributed by atoms with Gasteiger partial charge in [0.15, 0.2) is 0 Å². The largest absolute Gasteiger partial charge is 0.324 e. The monoisotopic (exact) mass is 256 g/mol. The molecule has 100 valence electrons. The molecule has 19 heavy (non-hydrogen) atoms. The van der Waals surface area contributed by atoms with E-state index in [4.69, 9.17) is 5.73 Å². The summed E-state index contributed by atoms with van der Waals surface area (Å²) >= 11 is 0. The average molecular weight is 256 g/mol. The number of amides is 1. The SMILES string of the molecule is CN1C(=O)Cc2cc(C(N)C3C4CCCC43)ccc21. The third-order valence-electron chi connectivity index (χ3n) is 5.45. The Hall–Kier alpha value is -1.35. The lowest BCUT2D eigenvalue weighted by atomic mass is 9.96. The van der Waals surface area contributed by atoms with Crippen LogP contribution in [0, 0.1) is 17.8 Å². The normalized spacial score (nSPS) is 33.3. The maximum absolute atomic E-state index is 11.7. The van der Waals surface area contributed by atoms with Gasteiger partial charge in [-0.1, -0.05) is 18.6 Å². The molecule has 1 aliphatic heterocycles. The molecule has 1 aromatic rings. The van der Waals surface area contributed by atoms with E-state index < -0.39 is 0 Å². The van der Waals surface area contributed by atoms with Crippen molar-refractivity contribution in [1.29, 1.82) is 0 Å². The van der Waals surface area contributed by atoms with Gasteiger partial charge in [0.1, 0.15) is 0 Å². The Morgan fingerprint density at radius 1 is 1.32 bits per heavy atom. The van der Waals surface area contributed by atoms with Crippen LogP contribution in [0.1, 0.15) is 36.4 Å². The topological polar surface area (TPSA) is 46.3 Å². The maximum atomic E-state index is 11.7. The zero-order chi connectivity index (χ0) is 13.1. The summed E-state index contributed by atoms with van der Waals surface area (Å²) in [6.45, 7) is 0. The van der Waals surface area contributed by atoms with Gasteiger partial charge in [0.05, 0.1) is 6.42 Å². The predicted molar refractivity (Wildman–Crippen MR) is 74.8 cm³/mol. The van der Waals surface area contributed by atoms with Crippen molar-refractivity contribution >= 4 is 11.6 Å². The first kappa shape index (κ1) is 11.5. The summed E-state index contributed by atoms with van der Waals surface area (Å²) in [7, 11) is 1.85. The lowest BCUT2D eigenvalue weighted by Crippen LogP contribution is -2.20. The van der Waals surface area contributed by atoms with E-state index in [1.165, 1.54) is 24.8 Å². The van der Waals surface area contributed by atoms with Gasteiger partial charge in [-0.3, -0.25) is 4.79 Å². The number of rotatable bonds is 2. The molecule has 0 spiro atoms. The number of likely N-dealkylation sites (N-methyl/N-ethyl adjacent to an activating group) is 1. The fourth-order valence-corrected chi connectivity index (χ4v) is 4.33. The van der Waals surface area contributed by atoms with Gasteiger partial charge >= 0.3 is 0 Å². The molecule has 1 heterocycles. The smallest absolute Gasteiger partial charge is 0.231 e. The van der Waals surface area contributed by atoms with Gasteiger partial charge in [0.25, 0.3) is 0 Å². The lowest BCUT2D eigenvalue weighted by molar-refractivity contribution is -0.117. The Kier molecular flexibility index (Phi) is 2.31. The molecule has 3 atom stereocenters. The Bertz CT molecular complexity index is 544. The molecule has 0 bridgehead atoms. The van der Waals surface area contributed by atoms with Crippen LogP contribution >= 0.6 is 0 Å². The predicted octanol–water partition coefficient (Wildman–Crippen LogP) is 2.25. The third-order valence-corrected chi connectivity index (χ3v) is 5.45. The maximum Gasteiger partial charge on any atom is 0.231 e. The number of anilines is 1. The number of hydrogen-bond acceptors (Lipinski definition) is 2. The van der Waals surface area contributed by atoms with E-state index >= 15 is 0 Å². The van der Waals surface area contributed by atoms with Crippen molar-refractivity contribution < 1.29 is 4.79 Å². The molecular weight excluding hydrogens is 236 g/mol. The third kappa shape index (κ3) is 1.57. The molecule has 3 aliphatic rings.